The molecule has 0 radical (unpaired) electrons. The number of aromatic hydroxyl groups is 1. The highest BCUT2D eigenvalue weighted by Gasteiger charge is 2.14. The molecular weight excluding hydrogens is 256 g/mol. The molecule has 0 aliphatic carbocycles. The van der Waals surface area contributed by atoms with Gasteiger partial charge in [-0.25, -0.2) is 0 Å². The lowest BCUT2D eigenvalue weighted by Gasteiger charge is -2.11. The van der Waals surface area contributed by atoms with Gasteiger partial charge in [0, 0.05) is 23.3 Å². The number of carboxylic acid groups (broad SMARTS) is 1. The zero-order valence-corrected chi connectivity index (χ0v) is 10.8. The van der Waals surface area contributed by atoms with Crippen LogP contribution >= 0.6 is 11.8 Å². The lowest BCUT2D eigenvalue weighted by Crippen LogP contribution is -2.32. The topological polar surface area (TPSA) is 117 Å². The summed E-state index contributed by atoms with van der Waals surface area (Å²) in [5, 5.41) is 27.6. The zero-order chi connectivity index (χ0) is 13.7. The Labute approximate surface area is 109 Å². The molecule has 5 N–H and O–H groups in total. The highest BCUT2D eigenvalue weighted by molar-refractivity contribution is 7.98. The lowest BCUT2D eigenvalue weighted by molar-refractivity contribution is -0.137. The number of pyridine rings is 1. The molecule has 6 nitrogen and oxygen atoms in total. The third-order valence-electron chi connectivity index (χ3n) is 2.46. The SMILES string of the molecule is Cc1ncc(CSCC(N)C(=O)O)c(CO)c1O. The highest BCUT2D eigenvalue weighted by Crippen LogP contribution is 2.26. The number of aryl methyl sites for hydroxylation is 1. The summed E-state index contributed by atoms with van der Waals surface area (Å²) in [6.07, 6.45) is 1.57. The Morgan fingerprint density at radius 3 is 2.83 bits per heavy atom. The van der Waals surface area contributed by atoms with Crippen LogP contribution in [0.15, 0.2) is 6.20 Å². The Kier molecular flexibility index (Phi) is 5.39. The first kappa shape index (κ1) is 14.7. The Hall–Kier alpha value is -1.31. The molecule has 0 aliphatic heterocycles. The smallest absolute Gasteiger partial charge is 0.321 e. The van der Waals surface area contributed by atoms with Crippen LogP contribution in [0.3, 0.4) is 0 Å². The van der Waals surface area contributed by atoms with E-state index in [0.717, 1.165) is 0 Å². The second kappa shape index (κ2) is 6.58. The first-order valence-electron chi connectivity index (χ1n) is 5.30. The van der Waals surface area contributed by atoms with E-state index in [1.807, 2.05) is 0 Å². The number of nitrogens with two attached hydrogens (primary N) is 1. The quantitative estimate of drug-likeness (QED) is 0.585. The van der Waals surface area contributed by atoms with E-state index in [4.69, 9.17) is 10.8 Å². The van der Waals surface area contributed by atoms with Gasteiger partial charge in [-0.2, -0.15) is 11.8 Å². The minimum Gasteiger partial charge on any atom is -0.506 e. The van der Waals surface area contributed by atoms with Gasteiger partial charge in [0.15, 0.2) is 0 Å². The summed E-state index contributed by atoms with van der Waals surface area (Å²) in [4.78, 5) is 14.5. The van der Waals surface area contributed by atoms with Crippen LogP contribution in [0.5, 0.6) is 5.75 Å². The summed E-state index contributed by atoms with van der Waals surface area (Å²) in [6, 6.07) is -0.917. The minimum atomic E-state index is -1.05. The average molecular weight is 272 g/mol. The standard InChI is InChI=1S/C11H16N2O4S/c1-6-10(15)8(3-14)7(2-13-6)4-18-5-9(12)11(16)17/h2,9,14-15H,3-5,12H2,1H3,(H,16,17). The van der Waals surface area contributed by atoms with Crippen molar-refractivity contribution in [1.29, 1.82) is 0 Å². The molecule has 1 unspecified atom stereocenters. The molecule has 0 saturated carbocycles. The van der Waals surface area contributed by atoms with Crippen LogP contribution in [0.1, 0.15) is 16.8 Å². The first-order valence-corrected chi connectivity index (χ1v) is 6.46. The molecule has 0 aromatic carbocycles. The van der Waals surface area contributed by atoms with E-state index in [1.54, 1.807) is 13.1 Å². The molecule has 0 amide bonds. The van der Waals surface area contributed by atoms with E-state index in [0.29, 0.717) is 22.6 Å². The van der Waals surface area contributed by atoms with Crippen LogP contribution in [0, 0.1) is 6.92 Å². The second-order valence-corrected chi connectivity index (χ2v) is 4.84. The van der Waals surface area contributed by atoms with Crippen molar-refractivity contribution < 1.29 is 20.1 Å². The molecule has 0 aliphatic rings. The fraction of sp³-hybridized carbons (Fsp3) is 0.455. The van der Waals surface area contributed by atoms with E-state index >= 15 is 0 Å². The van der Waals surface area contributed by atoms with Gasteiger partial charge in [0.05, 0.1) is 12.3 Å². The summed E-state index contributed by atoms with van der Waals surface area (Å²) in [7, 11) is 0. The highest BCUT2D eigenvalue weighted by atomic mass is 32.2. The molecule has 0 bridgehead atoms. The Bertz CT molecular complexity index is 439. The van der Waals surface area contributed by atoms with Crippen LogP contribution in [0.4, 0.5) is 0 Å². The number of aromatic nitrogens is 1. The number of nitrogens with zero attached hydrogens (tertiary/aromatic N) is 1. The van der Waals surface area contributed by atoms with Gasteiger partial charge in [-0.15, -0.1) is 0 Å². The number of aliphatic carboxylic acids is 1. The number of carboxylic acids is 1. The third-order valence-corrected chi connectivity index (χ3v) is 3.57. The third kappa shape index (κ3) is 3.59. The molecule has 1 aromatic rings. The maximum absolute atomic E-state index is 10.5. The molecule has 1 heterocycles. The Balaban J connectivity index is 2.68. The maximum Gasteiger partial charge on any atom is 0.321 e. The van der Waals surface area contributed by atoms with Gasteiger partial charge < -0.3 is 21.1 Å². The fourth-order valence-corrected chi connectivity index (χ4v) is 2.34. The van der Waals surface area contributed by atoms with Crippen LogP contribution in [0.2, 0.25) is 0 Å². The van der Waals surface area contributed by atoms with Crippen LogP contribution in [-0.4, -0.2) is 38.1 Å². The normalized spacial score (nSPS) is 12.4. The number of aliphatic hydroxyl groups excluding tert-OH is 1. The van der Waals surface area contributed by atoms with E-state index in [-0.39, 0.29) is 18.1 Å². The number of thioether (sulfide) groups is 1. The fourth-order valence-electron chi connectivity index (χ4n) is 1.35. The Morgan fingerprint density at radius 2 is 2.28 bits per heavy atom. The van der Waals surface area contributed by atoms with Crippen LogP contribution in [0.25, 0.3) is 0 Å². The molecule has 0 fully saturated rings. The van der Waals surface area contributed by atoms with Crippen LogP contribution < -0.4 is 5.73 Å². The van der Waals surface area contributed by atoms with Gasteiger partial charge >= 0.3 is 5.97 Å². The number of rotatable bonds is 6. The number of aliphatic hydroxyl groups is 1. The van der Waals surface area contributed by atoms with E-state index in [2.05, 4.69) is 4.98 Å². The molecule has 1 rings (SSSR count). The van der Waals surface area contributed by atoms with E-state index < -0.39 is 12.0 Å². The van der Waals surface area contributed by atoms with Gasteiger partial charge in [-0.3, -0.25) is 9.78 Å². The van der Waals surface area contributed by atoms with Crippen molar-refractivity contribution in [1.82, 2.24) is 4.98 Å². The molecule has 18 heavy (non-hydrogen) atoms. The van der Waals surface area contributed by atoms with Crippen molar-refractivity contribution in [3.63, 3.8) is 0 Å². The van der Waals surface area contributed by atoms with Crippen molar-refractivity contribution in [2.24, 2.45) is 5.73 Å². The summed E-state index contributed by atoms with van der Waals surface area (Å²) in [6.45, 7) is 1.36. The first-order chi connectivity index (χ1) is 8.47. The maximum atomic E-state index is 10.5. The molecule has 7 heteroatoms. The van der Waals surface area contributed by atoms with Crippen molar-refractivity contribution >= 4 is 17.7 Å². The molecule has 1 atom stereocenters. The van der Waals surface area contributed by atoms with Crippen molar-refractivity contribution in [2.45, 2.75) is 25.3 Å². The zero-order valence-electron chi connectivity index (χ0n) is 9.96. The molecule has 0 saturated heterocycles. The summed E-state index contributed by atoms with van der Waals surface area (Å²) >= 11 is 1.32. The van der Waals surface area contributed by atoms with Crippen molar-refractivity contribution in [3.05, 3.63) is 23.0 Å². The molecule has 1 aromatic heterocycles. The predicted molar refractivity (Wildman–Crippen MR) is 68.3 cm³/mol. The van der Waals surface area contributed by atoms with Gasteiger partial charge in [-0.1, -0.05) is 0 Å². The molecular formula is C11H16N2O4S. The predicted octanol–water partition coefficient (Wildman–Crippen LogP) is 0.233. The van der Waals surface area contributed by atoms with Crippen molar-refractivity contribution in [2.75, 3.05) is 5.75 Å². The number of hydrogen-bond acceptors (Lipinski definition) is 6. The van der Waals surface area contributed by atoms with E-state index in [9.17, 15) is 15.0 Å². The van der Waals surface area contributed by atoms with E-state index in [1.165, 1.54) is 11.8 Å². The van der Waals surface area contributed by atoms with Crippen LogP contribution in [-0.2, 0) is 17.2 Å². The number of hydrogen-bond donors (Lipinski definition) is 4. The van der Waals surface area contributed by atoms with Gasteiger partial charge in [0.1, 0.15) is 11.8 Å². The van der Waals surface area contributed by atoms with Gasteiger partial charge in [-0.05, 0) is 12.5 Å². The summed E-state index contributed by atoms with van der Waals surface area (Å²) in [5.74, 6) is -0.361. The lowest BCUT2D eigenvalue weighted by atomic mass is 10.1. The van der Waals surface area contributed by atoms with Gasteiger partial charge in [0.25, 0.3) is 0 Å². The van der Waals surface area contributed by atoms with Crippen molar-refractivity contribution in [3.8, 4) is 5.75 Å². The monoisotopic (exact) mass is 272 g/mol. The summed E-state index contributed by atoms with van der Waals surface area (Å²) < 4.78 is 0. The molecule has 100 valence electrons. The average Bonchev–Trinajstić information content (AvgIpc) is 2.33. The van der Waals surface area contributed by atoms with Gasteiger partial charge in [0.2, 0.25) is 0 Å². The Morgan fingerprint density at radius 1 is 1.61 bits per heavy atom. The molecule has 0 spiro atoms. The largest absolute Gasteiger partial charge is 0.506 e. The number of carbonyl (C=O) groups is 1. The second-order valence-electron chi connectivity index (χ2n) is 3.81. The minimum absolute atomic E-state index is 0.0156. The summed E-state index contributed by atoms with van der Waals surface area (Å²) in [5.41, 5.74) is 6.94.